The summed E-state index contributed by atoms with van der Waals surface area (Å²) in [6.45, 7) is 3.76. The standard InChI is InChI=1S/C24H22BrN3O8S/c1-4-35-22-12-16(14-26-27-24(29)19-9-8-15(2)10-21(19)34-3)11-20(25)23(22)36-37(32,33)18-7-5-6-17(13-18)28(30)31/h5-14H,4H2,1-3H3,(H,27,29)/b26-14-. The third-order valence-corrected chi connectivity index (χ3v) is 6.63. The second kappa shape index (κ2) is 11.8. The average molecular weight is 592 g/mol. The number of rotatable bonds is 10. The average Bonchev–Trinajstić information content (AvgIpc) is 2.86. The molecular formula is C24H22BrN3O8S. The van der Waals surface area contributed by atoms with E-state index < -0.39 is 31.5 Å². The minimum atomic E-state index is -4.43. The van der Waals surface area contributed by atoms with Crippen LogP contribution in [0, 0.1) is 17.0 Å². The zero-order valence-corrected chi connectivity index (χ0v) is 22.3. The van der Waals surface area contributed by atoms with Gasteiger partial charge in [-0.15, -0.1) is 0 Å². The summed E-state index contributed by atoms with van der Waals surface area (Å²) < 4.78 is 41.9. The lowest BCUT2D eigenvalue weighted by molar-refractivity contribution is -0.385. The molecule has 13 heteroatoms. The number of nitro benzene ring substituents is 1. The van der Waals surface area contributed by atoms with E-state index in [9.17, 15) is 23.3 Å². The predicted octanol–water partition coefficient (Wildman–Crippen LogP) is 4.60. The number of carbonyl (C=O) groups excluding carboxylic acids is 1. The number of nitro groups is 1. The molecule has 37 heavy (non-hydrogen) atoms. The van der Waals surface area contributed by atoms with Gasteiger partial charge in [0.2, 0.25) is 0 Å². The Labute approximate surface area is 221 Å². The van der Waals surface area contributed by atoms with Crippen LogP contribution in [0.15, 0.2) is 69.1 Å². The molecule has 0 aliphatic carbocycles. The van der Waals surface area contributed by atoms with Crippen molar-refractivity contribution < 1.29 is 31.8 Å². The second-order valence-corrected chi connectivity index (χ2v) is 9.86. The van der Waals surface area contributed by atoms with E-state index in [4.69, 9.17) is 13.7 Å². The van der Waals surface area contributed by atoms with Crippen LogP contribution in [0.5, 0.6) is 17.2 Å². The zero-order chi connectivity index (χ0) is 27.2. The summed E-state index contributed by atoms with van der Waals surface area (Å²) in [5.41, 5.74) is 3.70. The molecule has 0 radical (unpaired) electrons. The van der Waals surface area contributed by atoms with Gasteiger partial charge in [-0.3, -0.25) is 14.9 Å². The number of hydrazone groups is 1. The Kier molecular flexibility index (Phi) is 8.84. The molecule has 3 aromatic carbocycles. The number of nitrogens with zero attached hydrogens (tertiary/aromatic N) is 2. The highest BCUT2D eigenvalue weighted by Crippen LogP contribution is 2.38. The molecule has 0 spiro atoms. The summed E-state index contributed by atoms with van der Waals surface area (Å²) in [5, 5.41) is 15.0. The first-order valence-corrected chi connectivity index (χ1v) is 12.9. The van der Waals surface area contributed by atoms with Gasteiger partial charge in [0, 0.05) is 12.1 Å². The van der Waals surface area contributed by atoms with E-state index >= 15 is 0 Å². The van der Waals surface area contributed by atoms with Crippen LogP contribution in [0.3, 0.4) is 0 Å². The van der Waals surface area contributed by atoms with Crippen molar-refractivity contribution in [2.45, 2.75) is 18.7 Å². The van der Waals surface area contributed by atoms with Crippen LogP contribution in [0.1, 0.15) is 28.4 Å². The van der Waals surface area contributed by atoms with Crippen LogP contribution in [-0.4, -0.2) is 39.2 Å². The first-order valence-electron chi connectivity index (χ1n) is 10.7. The molecule has 0 saturated heterocycles. The minimum Gasteiger partial charge on any atom is -0.496 e. The number of methoxy groups -OCH3 is 1. The van der Waals surface area contributed by atoms with E-state index in [0.29, 0.717) is 16.9 Å². The molecule has 11 nitrogen and oxygen atoms in total. The van der Waals surface area contributed by atoms with Crippen molar-refractivity contribution in [1.82, 2.24) is 5.43 Å². The normalized spacial score (nSPS) is 11.2. The quantitative estimate of drug-likeness (QED) is 0.156. The zero-order valence-electron chi connectivity index (χ0n) is 19.9. The van der Waals surface area contributed by atoms with Crippen molar-refractivity contribution in [3.63, 3.8) is 0 Å². The van der Waals surface area contributed by atoms with E-state index in [-0.39, 0.29) is 22.6 Å². The molecule has 0 unspecified atom stereocenters. The molecule has 0 aliphatic heterocycles. The summed E-state index contributed by atoms with van der Waals surface area (Å²) in [5.74, 6) is -0.168. The SMILES string of the molecule is CCOc1cc(/C=N\NC(=O)c2ccc(C)cc2OC)cc(Br)c1OS(=O)(=O)c1cccc([N+](=O)[O-])c1. The van der Waals surface area contributed by atoms with E-state index in [0.717, 1.165) is 11.6 Å². The number of hydrogen-bond acceptors (Lipinski definition) is 9. The van der Waals surface area contributed by atoms with E-state index in [2.05, 4.69) is 26.5 Å². The molecule has 1 amide bonds. The fourth-order valence-electron chi connectivity index (χ4n) is 3.13. The van der Waals surface area contributed by atoms with Gasteiger partial charge in [-0.25, -0.2) is 5.43 Å². The maximum atomic E-state index is 12.8. The Morgan fingerprint density at radius 1 is 1.16 bits per heavy atom. The first-order chi connectivity index (χ1) is 17.6. The van der Waals surface area contributed by atoms with Crippen molar-refractivity contribution >= 4 is 43.9 Å². The van der Waals surface area contributed by atoms with E-state index in [1.165, 1.54) is 43.7 Å². The lowest BCUT2D eigenvalue weighted by atomic mass is 10.1. The summed E-state index contributed by atoms with van der Waals surface area (Å²) in [6, 6.07) is 12.6. The number of carbonyl (C=O) groups is 1. The third-order valence-electron chi connectivity index (χ3n) is 4.82. The molecular weight excluding hydrogens is 570 g/mol. The minimum absolute atomic E-state index is 0.0684. The number of halogens is 1. The van der Waals surface area contributed by atoms with Gasteiger partial charge in [0.05, 0.1) is 34.9 Å². The van der Waals surface area contributed by atoms with Gasteiger partial charge in [0.1, 0.15) is 10.6 Å². The molecule has 194 valence electrons. The fraction of sp³-hybridized carbons (Fsp3) is 0.167. The third kappa shape index (κ3) is 6.83. The molecule has 0 fully saturated rings. The largest absolute Gasteiger partial charge is 0.496 e. The molecule has 0 aromatic heterocycles. The van der Waals surface area contributed by atoms with Gasteiger partial charge < -0.3 is 13.7 Å². The van der Waals surface area contributed by atoms with Gasteiger partial charge in [-0.2, -0.15) is 13.5 Å². The van der Waals surface area contributed by atoms with Crippen molar-refractivity contribution in [2.75, 3.05) is 13.7 Å². The maximum Gasteiger partial charge on any atom is 0.339 e. The highest BCUT2D eigenvalue weighted by Gasteiger charge is 2.24. The summed E-state index contributed by atoms with van der Waals surface area (Å²) in [6.07, 6.45) is 1.34. The topological polar surface area (TPSA) is 146 Å². The maximum absolute atomic E-state index is 12.8. The molecule has 0 heterocycles. The summed E-state index contributed by atoms with van der Waals surface area (Å²) >= 11 is 3.27. The number of hydrogen-bond donors (Lipinski definition) is 1. The predicted molar refractivity (Wildman–Crippen MR) is 139 cm³/mol. The molecule has 3 rings (SSSR count). The van der Waals surface area contributed by atoms with Gasteiger partial charge in [-0.05, 0) is 71.2 Å². The number of ether oxygens (including phenoxy) is 2. The smallest absolute Gasteiger partial charge is 0.339 e. The lowest BCUT2D eigenvalue weighted by Crippen LogP contribution is -2.18. The summed E-state index contributed by atoms with van der Waals surface area (Å²) in [4.78, 5) is 22.4. The molecule has 0 bridgehead atoms. The highest BCUT2D eigenvalue weighted by atomic mass is 79.9. The number of amides is 1. The Hall–Kier alpha value is -3.97. The molecule has 0 atom stereocenters. The van der Waals surface area contributed by atoms with E-state index in [1.807, 2.05) is 6.92 Å². The van der Waals surface area contributed by atoms with Crippen LogP contribution in [0.4, 0.5) is 5.69 Å². The number of nitrogens with one attached hydrogen (secondary N) is 1. The van der Waals surface area contributed by atoms with Crippen LogP contribution in [0.25, 0.3) is 0 Å². The summed E-state index contributed by atoms with van der Waals surface area (Å²) in [7, 11) is -2.97. The Morgan fingerprint density at radius 2 is 1.92 bits per heavy atom. The number of benzene rings is 3. The van der Waals surface area contributed by atoms with Crippen molar-refractivity contribution in [3.05, 3.63) is 85.9 Å². The van der Waals surface area contributed by atoms with Crippen molar-refractivity contribution in [2.24, 2.45) is 5.10 Å². The Morgan fingerprint density at radius 3 is 2.59 bits per heavy atom. The van der Waals surface area contributed by atoms with Crippen molar-refractivity contribution in [1.29, 1.82) is 0 Å². The molecule has 0 saturated carbocycles. The van der Waals surface area contributed by atoms with Gasteiger partial charge in [0.25, 0.3) is 11.6 Å². The van der Waals surface area contributed by atoms with E-state index in [1.54, 1.807) is 25.1 Å². The Balaban J connectivity index is 1.85. The van der Waals surface area contributed by atoms with Crippen LogP contribution in [-0.2, 0) is 10.1 Å². The van der Waals surface area contributed by atoms with Crippen molar-refractivity contribution in [3.8, 4) is 17.2 Å². The Bertz CT molecular complexity index is 1470. The number of non-ortho nitro benzene ring substituents is 1. The fourth-order valence-corrected chi connectivity index (χ4v) is 4.77. The number of aryl methyl sites for hydroxylation is 1. The molecule has 3 aromatic rings. The van der Waals surface area contributed by atoms with Crippen LogP contribution in [0.2, 0.25) is 0 Å². The monoisotopic (exact) mass is 591 g/mol. The molecule has 0 aliphatic rings. The van der Waals surface area contributed by atoms with Gasteiger partial charge >= 0.3 is 10.1 Å². The van der Waals surface area contributed by atoms with Gasteiger partial charge in [-0.1, -0.05) is 12.1 Å². The second-order valence-electron chi connectivity index (χ2n) is 7.46. The van der Waals surface area contributed by atoms with Crippen LogP contribution >= 0.6 is 15.9 Å². The highest BCUT2D eigenvalue weighted by molar-refractivity contribution is 9.10. The van der Waals surface area contributed by atoms with Crippen LogP contribution < -0.4 is 19.1 Å². The first kappa shape index (κ1) is 27.6. The van der Waals surface area contributed by atoms with Gasteiger partial charge in [0.15, 0.2) is 11.5 Å². The lowest BCUT2D eigenvalue weighted by Gasteiger charge is -2.14. The molecule has 1 N–H and O–H groups in total.